The van der Waals surface area contributed by atoms with Crippen LogP contribution in [0.2, 0.25) is 0 Å². The molecule has 2 aromatic rings. The van der Waals surface area contributed by atoms with Gasteiger partial charge in [-0.2, -0.15) is 0 Å². The molecule has 4 heterocycles. The molecule has 3 aliphatic carbocycles. The number of phosphoric acid groups is 1. The summed E-state index contributed by atoms with van der Waals surface area (Å²) in [5.41, 5.74) is 1.34. The Morgan fingerprint density at radius 1 is 0.913 bits per heavy atom. The molecule has 5 fully saturated rings. The zero-order valence-electron chi connectivity index (χ0n) is 26.2. The van der Waals surface area contributed by atoms with Crippen LogP contribution in [0.5, 0.6) is 0 Å². The molecular formula is C35H39O10P. The van der Waals surface area contributed by atoms with Gasteiger partial charge in [0.05, 0.1) is 19.3 Å². The van der Waals surface area contributed by atoms with E-state index in [-0.39, 0.29) is 61.5 Å². The lowest BCUT2D eigenvalue weighted by Crippen LogP contribution is -2.69. The molecule has 7 aliphatic rings. The van der Waals surface area contributed by atoms with E-state index in [4.69, 9.17) is 37.3 Å². The lowest BCUT2D eigenvalue weighted by atomic mass is 9.46. The number of rotatable bonds is 11. The number of esters is 1. The van der Waals surface area contributed by atoms with E-state index in [1.165, 1.54) is 0 Å². The van der Waals surface area contributed by atoms with E-state index in [1.54, 1.807) is 0 Å². The Hall–Kier alpha value is -2.40. The topological polar surface area (TPSA) is 118 Å². The van der Waals surface area contributed by atoms with Crippen LogP contribution in [0.4, 0.5) is 0 Å². The quantitative estimate of drug-likeness (QED) is 0.131. The number of phosphoric ester groups is 1. The molecule has 3 saturated heterocycles. The summed E-state index contributed by atoms with van der Waals surface area (Å²) in [7, 11) is -4.07. The Bertz CT molecular complexity index is 1600. The third-order valence-corrected chi connectivity index (χ3v) is 13.3. The Labute approximate surface area is 268 Å². The number of hydrogen-bond acceptors (Lipinski definition) is 10. The van der Waals surface area contributed by atoms with Gasteiger partial charge in [-0.15, -0.1) is 0 Å². The molecule has 0 amide bonds. The number of hydrogen-bond donors (Lipinski definition) is 0. The van der Waals surface area contributed by atoms with Crippen LogP contribution in [0, 0.1) is 17.3 Å². The van der Waals surface area contributed by atoms with Crippen molar-refractivity contribution < 1.29 is 46.6 Å². The third kappa shape index (κ3) is 3.90. The van der Waals surface area contributed by atoms with E-state index in [2.05, 4.69) is 20.8 Å². The molecule has 46 heavy (non-hydrogen) atoms. The van der Waals surface area contributed by atoms with Crippen molar-refractivity contribution in [2.24, 2.45) is 17.3 Å². The van der Waals surface area contributed by atoms with Crippen molar-refractivity contribution in [1.82, 2.24) is 0 Å². The molecule has 244 valence electrons. The van der Waals surface area contributed by atoms with Crippen LogP contribution < -0.4 is 0 Å². The van der Waals surface area contributed by atoms with Gasteiger partial charge < -0.3 is 23.7 Å². The number of carbonyl (C=O) groups excluding carboxylic acids is 1. The van der Waals surface area contributed by atoms with Gasteiger partial charge >= 0.3 is 13.8 Å². The van der Waals surface area contributed by atoms with E-state index in [0.29, 0.717) is 13.0 Å². The number of ether oxygens (including phenoxy) is 5. The first-order valence-electron chi connectivity index (χ1n) is 16.3. The lowest BCUT2D eigenvalue weighted by Gasteiger charge is -2.54. The first-order chi connectivity index (χ1) is 22.2. The molecule has 0 bridgehead atoms. The van der Waals surface area contributed by atoms with E-state index < -0.39 is 30.7 Å². The van der Waals surface area contributed by atoms with Gasteiger partial charge in [-0.05, 0) is 47.8 Å². The molecule has 9 atom stereocenters. The molecule has 0 radical (unpaired) electrons. The number of carbonyl (C=O) groups is 1. The normalized spacial score (nSPS) is 41.0. The molecular weight excluding hydrogens is 611 g/mol. The van der Waals surface area contributed by atoms with Gasteiger partial charge in [-0.3, -0.25) is 13.6 Å². The number of epoxide rings is 3. The summed E-state index contributed by atoms with van der Waals surface area (Å²) >= 11 is 0. The summed E-state index contributed by atoms with van der Waals surface area (Å²) in [6, 6.07) is 18.9. The van der Waals surface area contributed by atoms with Gasteiger partial charge in [0.15, 0.2) is 12.4 Å². The van der Waals surface area contributed by atoms with E-state index in [1.807, 2.05) is 60.7 Å². The zero-order chi connectivity index (χ0) is 31.5. The highest BCUT2D eigenvalue weighted by atomic mass is 31.2. The van der Waals surface area contributed by atoms with Crippen molar-refractivity contribution in [3.8, 4) is 0 Å². The minimum atomic E-state index is -4.07. The Balaban J connectivity index is 0.987. The monoisotopic (exact) mass is 650 g/mol. The highest BCUT2D eigenvalue weighted by molar-refractivity contribution is 7.48. The van der Waals surface area contributed by atoms with Crippen LogP contribution in [0.25, 0.3) is 0 Å². The molecule has 1 unspecified atom stereocenters. The molecule has 2 spiro atoms. The highest BCUT2D eigenvalue weighted by Crippen LogP contribution is 2.83. The van der Waals surface area contributed by atoms with E-state index in [0.717, 1.165) is 35.1 Å². The van der Waals surface area contributed by atoms with Crippen molar-refractivity contribution in [1.29, 1.82) is 0 Å². The lowest BCUT2D eigenvalue weighted by molar-refractivity contribution is -0.156. The van der Waals surface area contributed by atoms with Crippen LogP contribution in [0.15, 0.2) is 71.8 Å². The summed E-state index contributed by atoms with van der Waals surface area (Å²) < 4.78 is 64.0. The first-order valence-corrected chi connectivity index (χ1v) is 17.8. The second-order valence-electron chi connectivity index (χ2n) is 14.3. The fourth-order valence-electron chi connectivity index (χ4n) is 9.65. The van der Waals surface area contributed by atoms with Crippen molar-refractivity contribution >= 4 is 13.8 Å². The summed E-state index contributed by atoms with van der Waals surface area (Å²) in [5, 5.41) is 0. The second-order valence-corrected chi connectivity index (χ2v) is 15.9. The average Bonchev–Trinajstić information content (AvgIpc) is 3.99. The van der Waals surface area contributed by atoms with Crippen LogP contribution in [-0.2, 0) is 59.8 Å². The Morgan fingerprint density at radius 3 is 2.24 bits per heavy atom. The summed E-state index contributed by atoms with van der Waals surface area (Å²) in [4.78, 5) is 12.5. The van der Waals surface area contributed by atoms with Crippen molar-refractivity contribution in [3.63, 3.8) is 0 Å². The minimum absolute atomic E-state index is 0.0506. The van der Waals surface area contributed by atoms with Crippen molar-refractivity contribution in [2.45, 2.75) is 94.5 Å². The SMILES string of the molecule is CC(C)C12O[C@H]1[C@@H]1O[C@]13[C@]1(O[C@H]1C[C@H]1C4=C(CC[C@@]13C)C(=O)OC4)[C@@H]2OCOP(=O)(OCc1ccccc1)OCc1ccccc1. The average molecular weight is 651 g/mol. The van der Waals surface area contributed by atoms with Crippen LogP contribution >= 0.6 is 7.82 Å². The van der Waals surface area contributed by atoms with Gasteiger partial charge in [-0.25, -0.2) is 9.36 Å². The highest BCUT2D eigenvalue weighted by Gasteiger charge is 3.00. The van der Waals surface area contributed by atoms with Gasteiger partial charge in [0, 0.05) is 11.0 Å². The standard InChI is InChI=1S/C35H39O10P/c1-21(2)33-28(44-33)29-35(45-29)32(3)15-14-24-25(19-38-30(24)36)26(32)16-27-34(35,43-27)31(33)39-20-42-46(37,40-17-22-10-6-4-7-11-22)41-18-23-12-8-5-9-13-23/h4-13,21,26-29,31H,14-20H2,1-3H3/t26-,27-,28-,29-,31+,32-,33?,34+,35+/m0/s1. The van der Waals surface area contributed by atoms with Gasteiger partial charge in [0.25, 0.3) is 0 Å². The van der Waals surface area contributed by atoms with E-state index in [9.17, 15) is 9.36 Å². The second kappa shape index (κ2) is 10.1. The molecule has 0 aromatic heterocycles. The summed E-state index contributed by atoms with van der Waals surface area (Å²) in [5.74, 6) is 0.0380. The largest absolute Gasteiger partial charge is 0.477 e. The first kappa shape index (κ1) is 29.7. The van der Waals surface area contributed by atoms with Crippen LogP contribution in [0.1, 0.15) is 51.2 Å². The van der Waals surface area contributed by atoms with Gasteiger partial charge in [0.2, 0.25) is 0 Å². The molecule has 10 nitrogen and oxygen atoms in total. The number of benzene rings is 2. The predicted octanol–water partition coefficient (Wildman–Crippen LogP) is 5.64. The Kier molecular flexibility index (Phi) is 6.50. The van der Waals surface area contributed by atoms with Gasteiger partial charge in [0.1, 0.15) is 36.1 Å². The maximum atomic E-state index is 14.0. The number of cyclic esters (lactones) is 1. The third-order valence-electron chi connectivity index (χ3n) is 12.0. The minimum Gasteiger partial charge on any atom is -0.458 e. The van der Waals surface area contributed by atoms with Crippen LogP contribution in [0.3, 0.4) is 0 Å². The number of fused-ring (bicyclic) bond motifs is 4. The molecule has 0 N–H and O–H groups in total. The van der Waals surface area contributed by atoms with E-state index >= 15 is 0 Å². The van der Waals surface area contributed by atoms with Crippen molar-refractivity contribution in [2.75, 3.05) is 13.4 Å². The fraction of sp³-hybridized carbons (Fsp3) is 0.571. The molecule has 11 heteroatoms. The molecule has 4 aliphatic heterocycles. The summed E-state index contributed by atoms with van der Waals surface area (Å²) in [6.45, 7) is 6.65. The maximum Gasteiger partial charge on any atom is 0.477 e. The van der Waals surface area contributed by atoms with Crippen molar-refractivity contribution in [3.05, 3.63) is 82.9 Å². The smallest absolute Gasteiger partial charge is 0.458 e. The summed E-state index contributed by atoms with van der Waals surface area (Å²) in [6.07, 6.45) is 1.26. The Morgan fingerprint density at radius 2 is 1.59 bits per heavy atom. The fourth-order valence-corrected chi connectivity index (χ4v) is 10.7. The molecule has 2 aromatic carbocycles. The predicted molar refractivity (Wildman–Crippen MR) is 162 cm³/mol. The molecule has 9 rings (SSSR count). The van der Waals surface area contributed by atoms with Gasteiger partial charge in [-0.1, -0.05) is 81.4 Å². The molecule has 2 saturated carbocycles. The maximum absolute atomic E-state index is 14.0. The zero-order valence-corrected chi connectivity index (χ0v) is 27.1. The van der Waals surface area contributed by atoms with Crippen LogP contribution in [-0.4, -0.2) is 60.6 Å².